The molecule has 5 heteroatoms. The van der Waals surface area contributed by atoms with E-state index in [4.69, 9.17) is 0 Å². The molecule has 0 N–H and O–H groups in total. The fraction of sp³-hybridized carbons (Fsp3) is 0.200. The van der Waals surface area contributed by atoms with Gasteiger partial charge in [0.2, 0.25) is 11.7 Å². The zero-order valence-electron chi connectivity index (χ0n) is 11.5. The summed E-state index contributed by atoms with van der Waals surface area (Å²) in [5.41, 5.74) is 3.12. The molecule has 0 fully saturated rings. The van der Waals surface area contributed by atoms with Crippen molar-refractivity contribution in [2.45, 2.75) is 20.8 Å². The average molecular weight is 271 g/mol. The van der Waals surface area contributed by atoms with Gasteiger partial charge >= 0.3 is 0 Å². The SMILES string of the molecule is Cc1ccc(-n2c(=O)cc(F)n3c(C)cnc23)cc1C. The molecule has 0 aliphatic heterocycles. The van der Waals surface area contributed by atoms with Crippen LogP contribution in [0.4, 0.5) is 4.39 Å². The number of benzene rings is 1. The second-order valence-corrected chi connectivity index (χ2v) is 4.94. The van der Waals surface area contributed by atoms with Crippen LogP contribution in [0.25, 0.3) is 11.5 Å². The second kappa shape index (κ2) is 4.30. The Hall–Kier alpha value is -2.43. The summed E-state index contributed by atoms with van der Waals surface area (Å²) in [5.74, 6) is -0.309. The molecule has 2 heterocycles. The molecule has 102 valence electrons. The molecular weight excluding hydrogens is 257 g/mol. The van der Waals surface area contributed by atoms with E-state index in [0.29, 0.717) is 11.4 Å². The van der Waals surface area contributed by atoms with Crippen LogP contribution in [0.2, 0.25) is 0 Å². The van der Waals surface area contributed by atoms with Gasteiger partial charge in [-0.25, -0.2) is 9.55 Å². The normalized spacial score (nSPS) is 11.2. The molecule has 20 heavy (non-hydrogen) atoms. The van der Waals surface area contributed by atoms with Gasteiger partial charge in [-0.3, -0.25) is 9.20 Å². The van der Waals surface area contributed by atoms with Gasteiger partial charge in [0.15, 0.2) is 0 Å². The van der Waals surface area contributed by atoms with Crippen LogP contribution in [0.5, 0.6) is 0 Å². The van der Waals surface area contributed by atoms with E-state index in [-0.39, 0.29) is 5.78 Å². The minimum atomic E-state index is -0.597. The maximum absolute atomic E-state index is 13.9. The third-order valence-electron chi connectivity index (χ3n) is 3.54. The first-order valence-corrected chi connectivity index (χ1v) is 6.32. The number of imidazole rings is 1. The van der Waals surface area contributed by atoms with Gasteiger partial charge in [0, 0.05) is 5.69 Å². The summed E-state index contributed by atoms with van der Waals surface area (Å²) < 4.78 is 16.6. The molecule has 0 saturated heterocycles. The second-order valence-electron chi connectivity index (χ2n) is 4.94. The fourth-order valence-electron chi connectivity index (χ4n) is 2.28. The van der Waals surface area contributed by atoms with Crippen molar-refractivity contribution in [3.63, 3.8) is 0 Å². The van der Waals surface area contributed by atoms with Gasteiger partial charge in [-0.05, 0) is 44.0 Å². The molecule has 0 unspecified atom stereocenters. The molecule has 3 aromatic rings. The standard InChI is InChI=1S/C15H14FN3O/c1-9-4-5-12(6-10(9)2)19-14(20)7-13(16)18-11(3)8-17-15(18)19/h4-8H,1-3H3. The van der Waals surface area contributed by atoms with E-state index < -0.39 is 11.5 Å². The molecule has 0 spiro atoms. The Kier molecular flexibility index (Phi) is 2.71. The molecule has 4 nitrogen and oxygen atoms in total. The van der Waals surface area contributed by atoms with Crippen LogP contribution in [0, 0.1) is 26.7 Å². The Bertz CT molecular complexity index is 877. The summed E-state index contributed by atoms with van der Waals surface area (Å²) in [4.78, 5) is 16.3. The van der Waals surface area contributed by atoms with E-state index in [0.717, 1.165) is 17.2 Å². The molecule has 0 bridgehead atoms. The van der Waals surface area contributed by atoms with E-state index in [2.05, 4.69) is 4.98 Å². The molecule has 0 atom stereocenters. The van der Waals surface area contributed by atoms with E-state index in [9.17, 15) is 9.18 Å². The van der Waals surface area contributed by atoms with Crippen molar-refractivity contribution in [1.29, 1.82) is 0 Å². The van der Waals surface area contributed by atoms with Crippen LogP contribution in [-0.2, 0) is 0 Å². The first kappa shape index (κ1) is 12.6. The lowest BCUT2D eigenvalue weighted by atomic mass is 10.1. The van der Waals surface area contributed by atoms with Crippen molar-refractivity contribution in [2.75, 3.05) is 0 Å². The van der Waals surface area contributed by atoms with E-state index in [1.54, 1.807) is 13.1 Å². The Labute approximate surface area is 115 Å². The number of rotatable bonds is 1. The highest BCUT2D eigenvalue weighted by atomic mass is 19.1. The molecule has 0 amide bonds. The predicted octanol–water partition coefficient (Wildman–Crippen LogP) is 2.55. The fourth-order valence-corrected chi connectivity index (χ4v) is 2.28. The highest BCUT2D eigenvalue weighted by Crippen LogP contribution is 2.16. The van der Waals surface area contributed by atoms with E-state index in [1.807, 2.05) is 32.0 Å². The molecule has 1 aromatic carbocycles. The van der Waals surface area contributed by atoms with Gasteiger partial charge in [-0.1, -0.05) is 6.07 Å². The summed E-state index contributed by atoms with van der Waals surface area (Å²) in [6, 6.07) is 6.66. The Morgan fingerprint density at radius 1 is 1.10 bits per heavy atom. The van der Waals surface area contributed by atoms with Gasteiger partial charge < -0.3 is 0 Å². The summed E-state index contributed by atoms with van der Waals surface area (Å²) in [6.45, 7) is 5.72. The van der Waals surface area contributed by atoms with Crippen LogP contribution >= 0.6 is 0 Å². The molecule has 3 rings (SSSR count). The Morgan fingerprint density at radius 3 is 2.55 bits per heavy atom. The van der Waals surface area contributed by atoms with Crippen molar-refractivity contribution in [2.24, 2.45) is 0 Å². The third kappa shape index (κ3) is 1.74. The van der Waals surface area contributed by atoms with Crippen molar-refractivity contribution in [3.05, 3.63) is 63.6 Å². The number of aromatic nitrogens is 3. The maximum atomic E-state index is 13.9. The number of hydrogen-bond donors (Lipinski definition) is 0. The van der Waals surface area contributed by atoms with Crippen molar-refractivity contribution < 1.29 is 4.39 Å². The number of nitrogens with zero attached hydrogens (tertiary/aromatic N) is 3. The van der Waals surface area contributed by atoms with E-state index in [1.165, 1.54) is 8.97 Å². The van der Waals surface area contributed by atoms with Crippen LogP contribution in [0.1, 0.15) is 16.8 Å². The van der Waals surface area contributed by atoms with Crippen LogP contribution in [0.15, 0.2) is 35.3 Å². The smallest absolute Gasteiger partial charge is 0.262 e. The van der Waals surface area contributed by atoms with Gasteiger partial charge in [-0.2, -0.15) is 4.39 Å². The summed E-state index contributed by atoms with van der Waals surface area (Å²) in [5, 5.41) is 0. The van der Waals surface area contributed by atoms with Crippen LogP contribution in [0.3, 0.4) is 0 Å². The Morgan fingerprint density at radius 2 is 1.85 bits per heavy atom. The molecular formula is C15H14FN3O. The van der Waals surface area contributed by atoms with Crippen molar-refractivity contribution >= 4 is 5.78 Å². The summed E-state index contributed by atoms with van der Waals surface area (Å²) in [6.07, 6.45) is 1.55. The molecule has 2 aromatic heterocycles. The van der Waals surface area contributed by atoms with Gasteiger partial charge in [-0.15, -0.1) is 0 Å². The highest BCUT2D eigenvalue weighted by Gasteiger charge is 2.13. The monoisotopic (exact) mass is 271 g/mol. The zero-order valence-corrected chi connectivity index (χ0v) is 11.5. The lowest BCUT2D eigenvalue weighted by Gasteiger charge is -2.10. The maximum Gasteiger partial charge on any atom is 0.262 e. The lowest BCUT2D eigenvalue weighted by Crippen LogP contribution is -2.22. The summed E-state index contributed by atoms with van der Waals surface area (Å²) in [7, 11) is 0. The van der Waals surface area contributed by atoms with Crippen LogP contribution in [-0.4, -0.2) is 14.0 Å². The third-order valence-corrected chi connectivity index (χ3v) is 3.54. The number of halogens is 1. The van der Waals surface area contributed by atoms with Crippen molar-refractivity contribution in [3.8, 4) is 5.69 Å². The largest absolute Gasteiger partial charge is 0.269 e. The van der Waals surface area contributed by atoms with Gasteiger partial charge in [0.05, 0.1) is 18.0 Å². The summed E-state index contributed by atoms with van der Waals surface area (Å²) >= 11 is 0. The first-order chi connectivity index (χ1) is 9.49. The number of aryl methyl sites for hydroxylation is 3. The minimum Gasteiger partial charge on any atom is -0.269 e. The number of hydrogen-bond acceptors (Lipinski definition) is 2. The predicted molar refractivity (Wildman–Crippen MR) is 75.0 cm³/mol. The Balaban J connectivity index is 2.41. The molecule has 0 radical (unpaired) electrons. The van der Waals surface area contributed by atoms with Gasteiger partial charge in [0.25, 0.3) is 5.56 Å². The van der Waals surface area contributed by atoms with Gasteiger partial charge in [0.1, 0.15) is 0 Å². The minimum absolute atomic E-state index is 0.288. The average Bonchev–Trinajstić information content (AvgIpc) is 2.76. The molecule has 0 aliphatic rings. The lowest BCUT2D eigenvalue weighted by molar-refractivity contribution is 0.554. The number of fused-ring (bicyclic) bond motifs is 1. The highest BCUT2D eigenvalue weighted by molar-refractivity contribution is 5.47. The van der Waals surface area contributed by atoms with E-state index >= 15 is 0 Å². The topological polar surface area (TPSA) is 39.3 Å². The first-order valence-electron chi connectivity index (χ1n) is 6.32. The van der Waals surface area contributed by atoms with Crippen LogP contribution < -0.4 is 5.56 Å². The zero-order chi connectivity index (χ0) is 14.4. The quantitative estimate of drug-likeness (QED) is 0.638. The van der Waals surface area contributed by atoms with Crippen molar-refractivity contribution in [1.82, 2.24) is 14.0 Å². The molecule has 0 saturated carbocycles. The molecule has 0 aliphatic carbocycles.